The van der Waals surface area contributed by atoms with Gasteiger partial charge in [0.2, 0.25) is 0 Å². The first-order valence-electron chi connectivity index (χ1n) is 5.14. The molecule has 5 heteroatoms. The summed E-state index contributed by atoms with van der Waals surface area (Å²) in [6, 6.07) is 6.75. The molecule has 0 saturated heterocycles. The van der Waals surface area contributed by atoms with Crippen molar-refractivity contribution in [1.82, 2.24) is 4.98 Å². The van der Waals surface area contributed by atoms with Gasteiger partial charge in [-0.1, -0.05) is 24.6 Å². The molecule has 0 unspecified atom stereocenters. The van der Waals surface area contributed by atoms with E-state index in [0.29, 0.717) is 5.52 Å². The molecule has 2 nitrogen and oxygen atoms in total. The van der Waals surface area contributed by atoms with Gasteiger partial charge in [0, 0.05) is 17.1 Å². The van der Waals surface area contributed by atoms with E-state index in [-0.39, 0.29) is 10.8 Å². The molecule has 17 heavy (non-hydrogen) atoms. The van der Waals surface area contributed by atoms with E-state index in [1.807, 2.05) is 19.1 Å². The van der Waals surface area contributed by atoms with Gasteiger partial charge >= 0.3 is 6.61 Å². The first kappa shape index (κ1) is 12.0. The largest absolute Gasteiger partial charge is 0.433 e. The number of halogens is 3. The summed E-state index contributed by atoms with van der Waals surface area (Å²) in [6.45, 7) is -0.917. The second-order valence-corrected chi connectivity index (χ2v) is 3.92. The second-order valence-electron chi connectivity index (χ2n) is 3.51. The first-order valence-corrected chi connectivity index (χ1v) is 5.52. The zero-order chi connectivity index (χ0) is 12.4. The van der Waals surface area contributed by atoms with E-state index in [1.54, 1.807) is 6.07 Å². The Bertz CT molecular complexity index is 545. The molecule has 0 fully saturated rings. The smallest absolute Gasteiger partial charge is 0.387 e. The molecule has 0 atom stereocenters. The topological polar surface area (TPSA) is 22.1 Å². The van der Waals surface area contributed by atoms with Gasteiger partial charge in [0.15, 0.2) is 0 Å². The van der Waals surface area contributed by atoms with Crippen molar-refractivity contribution in [1.29, 1.82) is 0 Å². The van der Waals surface area contributed by atoms with Gasteiger partial charge in [-0.3, -0.25) is 4.98 Å². The lowest BCUT2D eigenvalue weighted by atomic mass is 10.2. The predicted molar refractivity (Wildman–Crippen MR) is 62.8 cm³/mol. The maximum atomic E-state index is 12.1. The molecule has 0 bridgehead atoms. The van der Waals surface area contributed by atoms with Gasteiger partial charge in [0.1, 0.15) is 5.75 Å². The Balaban J connectivity index is 2.52. The molecule has 0 aliphatic rings. The van der Waals surface area contributed by atoms with Crippen molar-refractivity contribution < 1.29 is 13.5 Å². The minimum atomic E-state index is -2.89. The van der Waals surface area contributed by atoms with Gasteiger partial charge in [-0.25, -0.2) is 0 Å². The van der Waals surface area contributed by atoms with Crippen molar-refractivity contribution in [3.63, 3.8) is 0 Å². The zero-order valence-electron chi connectivity index (χ0n) is 9.08. The zero-order valence-corrected chi connectivity index (χ0v) is 9.84. The van der Waals surface area contributed by atoms with Gasteiger partial charge in [-0.05, 0) is 18.6 Å². The third-order valence-electron chi connectivity index (χ3n) is 2.38. The van der Waals surface area contributed by atoms with Crippen molar-refractivity contribution in [3.05, 3.63) is 35.0 Å². The van der Waals surface area contributed by atoms with Crippen molar-refractivity contribution >= 4 is 22.5 Å². The van der Waals surface area contributed by atoms with Gasteiger partial charge in [-0.15, -0.1) is 0 Å². The summed E-state index contributed by atoms with van der Waals surface area (Å²) in [5.74, 6) is -0.0464. The molecule has 2 rings (SSSR count). The maximum Gasteiger partial charge on any atom is 0.387 e. The number of nitrogens with zero attached hydrogens (tertiary/aromatic N) is 1. The predicted octanol–water partition coefficient (Wildman–Crippen LogP) is 4.05. The average Bonchev–Trinajstić information content (AvgIpc) is 2.29. The van der Waals surface area contributed by atoms with E-state index < -0.39 is 6.61 Å². The molecular weight excluding hydrogens is 248 g/mol. The van der Waals surface area contributed by atoms with Gasteiger partial charge in [0.05, 0.1) is 10.5 Å². The number of benzene rings is 1. The Kier molecular flexibility index (Phi) is 3.43. The number of hydrogen-bond donors (Lipinski definition) is 0. The van der Waals surface area contributed by atoms with Crippen LogP contribution in [-0.2, 0) is 6.42 Å². The molecule has 0 spiro atoms. The van der Waals surface area contributed by atoms with Crippen LogP contribution in [0.4, 0.5) is 8.78 Å². The Morgan fingerprint density at radius 1 is 1.35 bits per heavy atom. The van der Waals surface area contributed by atoms with Crippen molar-refractivity contribution in [2.45, 2.75) is 20.0 Å². The normalized spacial score (nSPS) is 11.1. The van der Waals surface area contributed by atoms with Crippen LogP contribution >= 0.6 is 11.6 Å². The summed E-state index contributed by atoms with van der Waals surface area (Å²) in [7, 11) is 0. The Labute approximate surface area is 102 Å². The Hall–Kier alpha value is -1.42. The fourth-order valence-electron chi connectivity index (χ4n) is 1.55. The molecule has 2 aromatic rings. The third kappa shape index (κ3) is 2.64. The van der Waals surface area contributed by atoms with Gasteiger partial charge in [0.25, 0.3) is 0 Å². The van der Waals surface area contributed by atoms with Crippen molar-refractivity contribution in [2.75, 3.05) is 0 Å². The van der Waals surface area contributed by atoms with Crippen LogP contribution in [0.1, 0.15) is 12.6 Å². The van der Waals surface area contributed by atoms with E-state index in [2.05, 4.69) is 9.72 Å². The fourth-order valence-corrected chi connectivity index (χ4v) is 1.77. The summed E-state index contributed by atoms with van der Waals surface area (Å²) in [4.78, 5) is 4.32. The molecule has 0 N–H and O–H groups in total. The molecule has 0 aliphatic heterocycles. The number of hydrogen-bond acceptors (Lipinski definition) is 2. The fraction of sp³-hybridized carbons (Fsp3) is 0.250. The number of rotatable bonds is 3. The number of aryl methyl sites for hydroxylation is 1. The van der Waals surface area contributed by atoms with E-state index in [0.717, 1.165) is 17.5 Å². The van der Waals surface area contributed by atoms with Crippen LogP contribution in [0.2, 0.25) is 5.02 Å². The highest BCUT2D eigenvalue weighted by atomic mass is 35.5. The summed E-state index contributed by atoms with van der Waals surface area (Å²) in [5.41, 5.74) is 1.49. The van der Waals surface area contributed by atoms with E-state index in [4.69, 9.17) is 11.6 Å². The summed E-state index contributed by atoms with van der Waals surface area (Å²) >= 11 is 5.83. The highest BCUT2D eigenvalue weighted by Gasteiger charge is 2.10. The average molecular weight is 258 g/mol. The number of fused-ring (bicyclic) bond motifs is 1. The van der Waals surface area contributed by atoms with E-state index in [9.17, 15) is 8.78 Å². The Morgan fingerprint density at radius 2 is 2.12 bits per heavy atom. The molecule has 90 valence electrons. The molecule has 1 heterocycles. The molecular formula is C12H10ClF2NO. The van der Waals surface area contributed by atoms with Crippen LogP contribution in [0.3, 0.4) is 0 Å². The van der Waals surface area contributed by atoms with E-state index >= 15 is 0 Å². The number of pyridine rings is 1. The maximum absolute atomic E-state index is 12.1. The highest BCUT2D eigenvalue weighted by Crippen LogP contribution is 2.30. The monoisotopic (exact) mass is 257 g/mol. The van der Waals surface area contributed by atoms with Crippen molar-refractivity contribution in [2.24, 2.45) is 0 Å². The lowest BCUT2D eigenvalue weighted by molar-refractivity contribution is -0.0496. The number of aromatic nitrogens is 1. The van der Waals surface area contributed by atoms with Crippen LogP contribution in [0.5, 0.6) is 5.75 Å². The van der Waals surface area contributed by atoms with Crippen LogP contribution in [0.25, 0.3) is 10.9 Å². The van der Waals surface area contributed by atoms with Crippen molar-refractivity contribution in [3.8, 4) is 5.75 Å². The van der Waals surface area contributed by atoms with Gasteiger partial charge in [-0.2, -0.15) is 8.78 Å². The molecule has 0 amide bonds. The lowest BCUT2D eigenvalue weighted by Gasteiger charge is -2.08. The minimum Gasteiger partial charge on any atom is -0.433 e. The Morgan fingerprint density at radius 3 is 2.76 bits per heavy atom. The van der Waals surface area contributed by atoms with Crippen LogP contribution < -0.4 is 4.74 Å². The highest BCUT2D eigenvalue weighted by molar-refractivity contribution is 6.32. The van der Waals surface area contributed by atoms with Crippen LogP contribution in [-0.4, -0.2) is 11.6 Å². The lowest BCUT2D eigenvalue weighted by Crippen LogP contribution is -2.02. The first-order chi connectivity index (χ1) is 8.10. The summed E-state index contributed by atoms with van der Waals surface area (Å²) < 4.78 is 28.6. The second kappa shape index (κ2) is 4.84. The van der Waals surface area contributed by atoms with E-state index in [1.165, 1.54) is 6.07 Å². The number of ether oxygens (including phenoxy) is 1. The van der Waals surface area contributed by atoms with Crippen LogP contribution in [0, 0.1) is 0 Å². The molecule has 1 aromatic heterocycles. The summed E-state index contributed by atoms with van der Waals surface area (Å²) in [5, 5.41) is 0.956. The molecule has 0 aliphatic carbocycles. The quantitative estimate of drug-likeness (QED) is 0.827. The number of alkyl halides is 2. The third-order valence-corrected chi connectivity index (χ3v) is 2.67. The molecule has 1 aromatic carbocycles. The van der Waals surface area contributed by atoms with Gasteiger partial charge < -0.3 is 4.74 Å². The SMILES string of the molecule is CCc1ccc2cc(Cl)c(OC(F)F)cc2n1. The standard InChI is InChI=1S/C12H10ClF2NO/c1-2-8-4-3-7-5-9(13)11(17-12(14)15)6-10(7)16-8/h3-6,12H,2H2,1H3. The summed E-state index contributed by atoms with van der Waals surface area (Å²) in [6.07, 6.45) is 0.781. The minimum absolute atomic E-state index is 0.0464. The molecule has 0 radical (unpaired) electrons. The van der Waals surface area contributed by atoms with Crippen LogP contribution in [0.15, 0.2) is 24.3 Å². The molecule has 0 saturated carbocycles.